The van der Waals surface area contributed by atoms with Gasteiger partial charge in [-0.25, -0.2) is 27.9 Å². The summed E-state index contributed by atoms with van der Waals surface area (Å²) in [5.74, 6) is -1.40. The van der Waals surface area contributed by atoms with Gasteiger partial charge in [-0.2, -0.15) is 28.7 Å². The normalized spacial score (nSPS) is 11.8. The summed E-state index contributed by atoms with van der Waals surface area (Å²) in [5.41, 5.74) is 1.08. The average molecular weight is 541 g/mol. The number of methoxy groups -OCH3 is 1. The molecule has 0 aliphatic carbocycles. The van der Waals surface area contributed by atoms with Crippen LogP contribution in [0.1, 0.15) is 35.8 Å². The summed E-state index contributed by atoms with van der Waals surface area (Å²) in [6.45, 7) is 3.61. The van der Waals surface area contributed by atoms with Gasteiger partial charge in [0.15, 0.2) is 10.1 Å². The van der Waals surface area contributed by atoms with Crippen LogP contribution >= 0.6 is 29.4 Å². The van der Waals surface area contributed by atoms with Crippen LogP contribution in [0.15, 0.2) is 35.2 Å². The molecule has 0 bridgehead atoms. The molecule has 1 aromatic carbocycles. The van der Waals surface area contributed by atoms with Crippen LogP contribution in [0.3, 0.4) is 0 Å². The number of nitrogens with zero attached hydrogens (tertiary/aromatic N) is 6. The number of aromatic nitrogens is 6. The van der Waals surface area contributed by atoms with Gasteiger partial charge in [0.2, 0.25) is 5.88 Å². The lowest BCUT2D eigenvalue weighted by Crippen LogP contribution is -2.12. The largest absolute Gasteiger partial charge is 0.479 e. The number of hydrogen-bond donors (Lipinski definition) is 0. The highest BCUT2D eigenvalue weighted by atomic mass is 79.9. The summed E-state index contributed by atoms with van der Waals surface area (Å²) in [6.07, 6.45) is 2.77. The Morgan fingerprint density at radius 1 is 1.27 bits per heavy atom. The van der Waals surface area contributed by atoms with Gasteiger partial charge in [0, 0.05) is 11.8 Å². The van der Waals surface area contributed by atoms with E-state index in [-0.39, 0.29) is 43.1 Å². The van der Waals surface area contributed by atoms with Crippen LogP contribution in [0.25, 0.3) is 17.0 Å². The highest BCUT2D eigenvalue weighted by Crippen LogP contribution is 2.33. The van der Waals surface area contributed by atoms with Crippen molar-refractivity contribution in [2.45, 2.75) is 19.9 Å². The molecule has 0 saturated heterocycles. The molecule has 0 fully saturated rings. The Balaban J connectivity index is 0.00000306. The summed E-state index contributed by atoms with van der Waals surface area (Å²) in [5, 5.41) is 8.51. The maximum atomic E-state index is 14.4. The molecule has 33 heavy (non-hydrogen) atoms. The zero-order valence-electron chi connectivity index (χ0n) is 17.7. The van der Waals surface area contributed by atoms with E-state index in [1.807, 2.05) is 0 Å². The van der Waals surface area contributed by atoms with Crippen molar-refractivity contribution in [3.8, 4) is 11.8 Å². The molecule has 1 atom stereocenters. The van der Waals surface area contributed by atoms with Crippen molar-refractivity contribution >= 4 is 46.4 Å². The van der Waals surface area contributed by atoms with Crippen LogP contribution in [-0.4, -0.2) is 49.2 Å². The Labute approximate surface area is 202 Å². The monoisotopic (exact) mass is 540 g/mol. The first-order chi connectivity index (χ1) is 15.3. The van der Waals surface area contributed by atoms with Crippen molar-refractivity contribution in [2.24, 2.45) is 0 Å². The van der Waals surface area contributed by atoms with Gasteiger partial charge in [-0.3, -0.25) is 0 Å². The van der Waals surface area contributed by atoms with E-state index in [0.717, 1.165) is 18.2 Å². The van der Waals surface area contributed by atoms with E-state index < -0.39 is 23.6 Å². The SMILES string of the molecule is CCOC(=O)c1cnn(-c2nc(OC)c3c(n2)c(Br)nn3[C@@H](C)c2cc(F)ccc2F)c1.S. The number of carbonyl (C=O) groups excluding carboxylic acids is 1. The number of benzene rings is 1. The Morgan fingerprint density at radius 3 is 2.73 bits per heavy atom. The van der Waals surface area contributed by atoms with Crippen molar-refractivity contribution in [2.75, 3.05) is 13.7 Å². The summed E-state index contributed by atoms with van der Waals surface area (Å²) in [4.78, 5) is 20.8. The Hall–Kier alpha value is -3.06. The molecule has 4 aromatic rings. The van der Waals surface area contributed by atoms with E-state index in [1.165, 1.54) is 28.9 Å². The number of ether oxygens (including phenoxy) is 2. The first-order valence-electron chi connectivity index (χ1n) is 9.50. The first-order valence-corrected chi connectivity index (χ1v) is 10.3. The molecule has 4 rings (SSSR count). The smallest absolute Gasteiger partial charge is 0.341 e. The van der Waals surface area contributed by atoms with Crippen molar-refractivity contribution in [1.29, 1.82) is 0 Å². The second-order valence-corrected chi connectivity index (χ2v) is 7.45. The highest BCUT2D eigenvalue weighted by Gasteiger charge is 2.24. The zero-order valence-corrected chi connectivity index (χ0v) is 20.3. The molecule has 0 saturated carbocycles. The first kappa shape index (κ1) is 24.6. The number of carbonyl (C=O) groups is 1. The third-order valence-electron chi connectivity index (χ3n) is 4.73. The Morgan fingerprint density at radius 2 is 2.03 bits per heavy atom. The lowest BCUT2D eigenvalue weighted by molar-refractivity contribution is 0.0526. The number of hydrogen-bond acceptors (Lipinski definition) is 7. The molecule has 0 aliphatic rings. The average Bonchev–Trinajstić information content (AvgIpc) is 3.40. The van der Waals surface area contributed by atoms with Gasteiger partial charge in [0.1, 0.15) is 17.2 Å². The van der Waals surface area contributed by atoms with Gasteiger partial charge in [-0.05, 0) is 48.0 Å². The molecule has 0 N–H and O–H groups in total. The van der Waals surface area contributed by atoms with Crippen molar-refractivity contribution in [1.82, 2.24) is 29.5 Å². The van der Waals surface area contributed by atoms with Gasteiger partial charge in [-0.1, -0.05) is 0 Å². The Kier molecular flexibility index (Phi) is 7.32. The van der Waals surface area contributed by atoms with E-state index >= 15 is 0 Å². The predicted octanol–water partition coefficient (Wildman–Crippen LogP) is 3.96. The maximum Gasteiger partial charge on any atom is 0.341 e. The van der Waals surface area contributed by atoms with Gasteiger partial charge >= 0.3 is 5.97 Å². The van der Waals surface area contributed by atoms with Crippen LogP contribution in [0.4, 0.5) is 8.78 Å². The van der Waals surface area contributed by atoms with Crippen LogP contribution in [0.2, 0.25) is 0 Å². The lowest BCUT2D eigenvalue weighted by atomic mass is 10.1. The molecule has 174 valence electrons. The van der Waals surface area contributed by atoms with E-state index in [4.69, 9.17) is 9.47 Å². The molecular weight excluding hydrogens is 522 g/mol. The third kappa shape index (κ3) is 4.55. The molecule has 0 amide bonds. The fraction of sp³-hybridized carbons (Fsp3) is 0.250. The lowest BCUT2D eigenvalue weighted by Gasteiger charge is -2.16. The standard InChI is InChI=1S/C20H17BrF2N6O3.H2S/c1-4-32-19(30)11-8-24-28(9-11)20-25-15-16(18(26-20)31-3)29(27-17(15)21)10(2)13-7-12(22)5-6-14(13)23;/h5-10H,4H2,1-3H3;1H2/t10-;/m0./s1. The second kappa shape index (κ2) is 9.83. The molecule has 0 aliphatic heterocycles. The van der Waals surface area contributed by atoms with E-state index in [0.29, 0.717) is 15.6 Å². The minimum atomic E-state index is -0.692. The minimum absolute atomic E-state index is 0. The van der Waals surface area contributed by atoms with E-state index in [2.05, 4.69) is 36.1 Å². The molecule has 13 heteroatoms. The number of rotatable bonds is 6. The van der Waals surface area contributed by atoms with Crippen LogP contribution in [-0.2, 0) is 4.74 Å². The highest BCUT2D eigenvalue weighted by molar-refractivity contribution is 9.10. The van der Waals surface area contributed by atoms with Crippen molar-refractivity contribution in [3.05, 3.63) is 58.0 Å². The molecule has 0 spiro atoms. The number of halogens is 3. The van der Waals surface area contributed by atoms with Gasteiger partial charge in [-0.15, -0.1) is 0 Å². The molecule has 0 radical (unpaired) electrons. The van der Waals surface area contributed by atoms with Gasteiger partial charge < -0.3 is 9.47 Å². The molecule has 9 nitrogen and oxygen atoms in total. The second-order valence-electron chi connectivity index (χ2n) is 6.70. The van der Waals surface area contributed by atoms with Gasteiger partial charge in [0.25, 0.3) is 5.95 Å². The molecule has 3 aromatic heterocycles. The topological polar surface area (TPSA) is 96.9 Å². The molecule has 0 unspecified atom stereocenters. The quantitative estimate of drug-likeness (QED) is 0.341. The maximum absolute atomic E-state index is 14.4. The van der Waals surface area contributed by atoms with E-state index in [9.17, 15) is 13.6 Å². The van der Waals surface area contributed by atoms with Crippen molar-refractivity contribution in [3.63, 3.8) is 0 Å². The fourth-order valence-corrected chi connectivity index (χ4v) is 3.66. The van der Waals surface area contributed by atoms with Crippen LogP contribution in [0, 0.1) is 11.6 Å². The zero-order chi connectivity index (χ0) is 23.0. The number of fused-ring (bicyclic) bond motifs is 1. The Bertz CT molecular complexity index is 1330. The summed E-state index contributed by atoms with van der Waals surface area (Å²) in [6, 6.07) is 2.53. The third-order valence-corrected chi connectivity index (χ3v) is 5.26. The van der Waals surface area contributed by atoms with Crippen LogP contribution in [0.5, 0.6) is 5.88 Å². The summed E-state index contributed by atoms with van der Waals surface area (Å²) >= 11 is 3.36. The van der Waals surface area contributed by atoms with Crippen molar-refractivity contribution < 1.29 is 23.0 Å². The van der Waals surface area contributed by atoms with Gasteiger partial charge in [0.05, 0.1) is 31.5 Å². The fourth-order valence-electron chi connectivity index (χ4n) is 3.21. The molecule has 3 heterocycles. The summed E-state index contributed by atoms with van der Waals surface area (Å²) < 4.78 is 41.6. The van der Waals surface area contributed by atoms with Crippen LogP contribution < -0.4 is 4.74 Å². The minimum Gasteiger partial charge on any atom is -0.479 e. The summed E-state index contributed by atoms with van der Waals surface area (Å²) in [7, 11) is 1.41. The molecular formula is C20H19BrF2N6O3S. The predicted molar refractivity (Wildman–Crippen MR) is 123 cm³/mol. The number of esters is 1. The van der Waals surface area contributed by atoms with E-state index in [1.54, 1.807) is 13.8 Å².